The molecule has 1 saturated carbocycles. The van der Waals surface area contributed by atoms with Crippen molar-refractivity contribution in [3.05, 3.63) is 71.5 Å². The van der Waals surface area contributed by atoms with Crippen LogP contribution in [0.3, 0.4) is 0 Å². The van der Waals surface area contributed by atoms with Gasteiger partial charge in [-0.3, -0.25) is 24.4 Å². The van der Waals surface area contributed by atoms with Crippen LogP contribution in [-0.2, 0) is 19.1 Å². The molecule has 17 heteroatoms. The number of morpholine rings is 1. The molecule has 1 unspecified atom stereocenters. The minimum absolute atomic E-state index is 0.00165. The second-order valence-electron chi connectivity index (χ2n) is 16.9. The van der Waals surface area contributed by atoms with Crippen molar-refractivity contribution >= 4 is 45.8 Å². The van der Waals surface area contributed by atoms with Crippen LogP contribution in [0.5, 0.6) is 0 Å². The largest absolute Gasteiger partial charge is 0.463 e. The molecule has 0 radical (unpaired) electrons. The lowest BCUT2D eigenvalue weighted by Gasteiger charge is -2.36. The van der Waals surface area contributed by atoms with E-state index in [0.717, 1.165) is 93.5 Å². The molecule has 5 aromatic rings. The van der Waals surface area contributed by atoms with Gasteiger partial charge in [-0.1, -0.05) is 24.0 Å². The van der Waals surface area contributed by atoms with E-state index < -0.39 is 23.9 Å². The average Bonchev–Trinajstić information content (AvgIpc) is 4.12. The lowest BCUT2D eigenvalue weighted by molar-refractivity contribution is -0.134. The molecule has 4 aromatic heterocycles. The summed E-state index contributed by atoms with van der Waals surface area (Å²) in [7, 11) is 0. The first-order chi connectivity index (χ1) is 29.7. The number of aromatic nitrogens is 5. The summed E-state index contributed by atoms with van der Waals surface area (Å²) < 4.78 is 49.4. The number of nitrogens with zero attached hydrogens (tertiary/aromatic N) is 7. The SMILES string of the molecule is O=C1CCC(c2coc3c(C#CCOC4CCN(CC5CCC(n6cc(NC(=O)c7cnn8ccc(N9C[C@H]%10C[C@@H]9CO%10)nc78)c(C(F)F)n6)CC5)CC4)cccc23)C(=O)N1. The molecule has 4 saturated heterocycles. The Morgan fingerprint density at radius 3 is 2.69 bits per heavy atom. The van der Waals surface area contributed by atoms with Crippen molar-refractivity contribution in [1.82, 2.24) is 34.6 Å². The van der Waals surface area contributed by atoms with E-state index in [1.165, 1.54) is 10.7 Å². The molecule has 15 nitrogen and oxygen atoms in total. The molecule has 10 rings (SSSR count). The van der Waals surface area contributed by atoms with Gasteiger partial charge in [-0.25, -0.2) is 18.3 Å². The third-order valence-corrected chi connectivity index (χ3v) is 13.1. The predicted octanol–water partition coefficient (Wildman–Crippen LogP) is 5.62. The molecule has 3 atom stereocenters. The van der Waals surface area contributed by atoms with Crippen molar-refractivity contribution < 1.29 is 37.1 Å². The Kier molecular flexibility index (Phi) is 10.8. The highest BCUT2D eigenvalue weighted by Crippen LogP contribution is 2.37. The van der Waals surface area contributed by atoms with Crippen molar-refractivity contribution in [2.45, 2.75) is 94.4 Å². The van der Waals surface area contributed by atoms with Gasteiger partial charge >= 0.3 is 0 Å². The highest BCUT2D eigenvalue weighted by atomic mass is 19.3. The first-order valence-electron chi connectivity index (χ1n) is 21.3. The minimum atomic E-state index is -2.85. The zero-order valence-corrected chi connectivity index (χ0v) is 33.6. The number of para-hydroxylation sites is 1. The fourth-order valence-corrected chi connectivity index (χ4v) is 9.84. The van der Waals surface area contributed by atoms with Gasteiger partial charge in [0.25, 0.3) is 12.3 Å². The molecule has 8 heterocycles. The predicted molar refractivity (Wildman–Crippen MR) is 218 cm³/mol. The van der Waals surface area contributed by atoms with Crippen LogP contribution in [0, 0.1) is 17.8 Å². The summed E-state index contributed by atoms with van der Waals surface area (Å²) in [4.78, 5) is 47.0. The smallest absolute Gasteiger partial charge is 0.284 e. The Morgan fingerprint density at radius 2 is 1.92 bits per heavy atom. The number of amides is 3. The summed E-state index contributed by atoms with van der Waals surface area (Å²) in [6.45, 7) is 4.54. The third kappa shape index (κ3) is 7.99. The lowest BCUT2D eigenvalue weighted by Crippen LogP contribution is -2.40. The fourth-order valence-electron chi connectivity index (χ4n) is 9.84. The molecule has 318 valence electrons. The number of nitrogens with one attached hydrogen (secondary N) is 2. The number of furan rings is 1. The quantitative estimate of drug-likeness (QED) is 0.133. The molecule has 2 bridgehead atoms. The maximum Gasteiger partial charge on any atom is 0.284 e. The van der Waals surface area contributed by atoms with Crippen molar-refractivity contribution in [3.8, 4) is 11.8 Å². The number of piperidine rings is 2. The van der Waals surface area contributed by atoms with E-state index in [0.29, 0.717) is 43.2 Å². The number of hydrogen-bond donors (Lipinski definition) is 2. The van der Waals surface area contributed by atoms with E-state index in [-0.39, 0.29) is 47.4 Å². The van der Waals surface area contributed by atoms with Crippen LogP contribution in [0.2, 0.25) is 0 Å². The molecule has 5 fully saturated rings. The van der Waals surface area contributed by atoms with Gasteiger partial charge in [-0.05, 0) is 69.4 Å². The van der Waals surface area contributed by atoms with Gasteiger partial charge in [-0.15, -0.1) is 0 Å². The van der Waals surface area contributed by atoms with Crippen molar-refractivity contribution in [2.24, 2.45) is 5.92 Å². The van der Waals surface area contributed by atoms with Crippen LogP contribution in [0.15, 0.2) is 53.5 Å². The van der Waals surface area contributed by atoms with E-state index in [4.69, 9.17) is 18.9 Å². The summed E-state index contributed by atoms with van der Waals surface area (Å²) >= 11 is 0. The van der Waals surface area contributed by atoms with Crippen LogP contribution < -0.4 is 15.5 Å². The van der Waals surface area contributed by atoms with Gasteiger partial charge < -0.3 is 29.0 Å². The number of anilines is 2. The van der Waals surface area contributed by atoms with Crippen LogP contribution in [-0.4, -0.2) is 105 Å². The number of likely N-dealkylation sites (tertiary alicyclic amines) is 1. The average molecular weight is 836 g/mol. The van der Waals surface area contributed by atoms with Crippen LogP contribution in [0.25, 0.3) is 16.6 Å². The number of carbonyl (C=O) groups is 3. The number of fused-ring (bicyclic) bond motifs is 4. The molecule has 61 heavy (non-hydrogen) atoms. The van der Waals surface area contributed by atoms with E-state index >= 15 is 0 Å². The van der Waals surface area contributed by atoms with Gasteiger partial charge in [0, 0.05) is 55.9 Å². The van der Waals surface area contributed by atoms with Crippen molar-refractivity contribution in [3.63, 3.8) is 0 Å². The van der Waals surface area contributed by atoms with Gasteiger partial charge in [-0.2, -0.15) is 10.2 Å². The van der Waals surface area contributed by atoms with Gasteiger partial charge in [0.05, 0.1) is 60.5 Å². The normalized spacial score (nSPS) is 24.8. The summed E-state index contributed by atoms with van der Waals surface area (Å²) in [6, 6.07) is 7.77. The van der Waals surface area contributed by atoms with Crippen LogP contribution >= 0.6 is 0 Å². The Hall–Kier alpha value is -5.70. The highest BCUT2D eigenvalue weighted by Gasteiger charge is 2.40. The zero-order chi connectivity index (χ0) is 41.6. The minimum Gasteiger partial charge on any atom is -0.463 e. The summed E-state index contributed by atoms with van der Waals surface area (Å²) in [5.41, 5.74) is 2.23. The Morgan fingerprint density at radius 1 is 1.07 bits per heavy atom. The highest BCUT2D eigenvalue weighted by molar-refractivity contribution is 6.08. The number of hydrogen-bond acceptors (Lipinski definition) is 11. The molecule has 5 aliphatic rings. The molecule has 1 aromatic carbocycles. The van der Waals surface area contributed by atoms with Gasteiger partial charge in [0.1, 0.15) is 23.6 Å². The zero-order valence-electron chi connectivity index (χ0n) is 33.6. The summed E-state index contributed by atoms with van der Waals surface area (Å²) in [6.07, 6.45) is 10.8. The van der Waals surface area contributed by atoms with E-state index in [1.54, 1.807) is 23.3 Å². The molecule has 3 amide bonds. The van der Waals surface area contributed by atoms with Crippen molar-refractivity contribution in [2.75, 3.05) is 49.6 Å². The van der Waals surface area contributed by atoms with Gasteiger partial charge in [0.15, 0.2) is 11.3 Å². The molecule has 1 aliphatic carbocycles. The fraction of sp³-hybridized carbons (Fsp3) is 0.500. The number of rotatable bonds is 10. The second kappa shape index (κ2) is 16.6. The number of alkyl halides is 2. The van der Waals surface area contributed by atoms with E-state index in [1.807, 2.05) is 24.3 Å². The Labute approximate surface area is 350 Å². The van der Waals surface area contributed by atoms with E-state index in [9.17, 15) is 23.2 Å². The number of halogens is 2. The monoisotopic (exact) mass is 835 g/mol. The van der Waals surface area contributed by atoms with Crippen molar-refractivity contribution in [1.29, 1.82) is 0 Å². The molecule has 4 aliphatic heterocycles. The molecule has 2 N–H and O–H groups in total. The maximum absolute atomic E-state index is 14.3. The first-order valence-corrected chi connectivity index (χ1v) is 21.3. The van der Waals surface area contributed by atoms with Crippen LogP contribution in [0.4, 0.5) is 20.3 Å². The first kappa shape index (κ1) is 39.4. The number of imide groups is 1. The summed E-state index contributed by atoms with van der Waals surface area (Å²) in [5.74, 6) is 6.01. The lowest BCUT2D eigenvalue weighted by atomic mass is 9.85. The molecular weight excluding hydrogens is 789 g/mol. The number of ether oxygens (including phenoxy) is 2. The standard InChI is InChI=1S/C44H47F2N9O6/c45-41(46)39-36(48-44(58)34-20-47-54-17-14-37(49-42(34)54)53-22-31-19-29(53)24-60-31)23-55(51-39)28-8-6-26(7-9-28)21-52-15-12-30(13-16-52)59-18-2-4-27-3-1-5-32-35(25-61-40(27)32)33-10-11-38(56)50-43(33)57/h1,3,5,14,17,20,23,25-26,28-31,33,41H,6-13,15-16,18-19,21-22,24H2,(H,48,58)(H,50,56,57)/t26?,28?,29-,31-,33?/m1/s1. The van der Waals surface area contributed by atoms with Crippen LogP contribution in [0.1, 0.15) is 103 Å². The number of carbonyl (C=O) groups excluding carboxylic acids is 3. The molecular formula is C44H47F2N9O6. The summed E-state index contributed by atoms with van der Waals surface area (Å²) in [5, 5.41) is 14.5. The van der Waals surface area contributed by atoms with E-state index in [2.05, 4.69) is 42.5 Å². The molecule has 0 spiro atoms. The number of benzene rings is 1. The second-order valence-corrected chi connectivity index (χ2v) is 16.9. The third-order valence-electron chi connectivity index (χ3n) is 13.1. The van der Waals surface area contributed by atoms with Gasteiger partial charge in [0.2, 0.25) is 11.8 Å². The Balaban J connectivity index is 0.690. The Bertz CT molecular complexity index is 2530. The maximum atomic E-state index is 14.3. The topological polar surface area (TPSA) is 161 Å².